The third kappa shape index (κ3) is 7.38. The first kappa shape index (κ1) is 29.5. The van der Waals surface area contributed by atoms with Crippen molar-refractivity contribution in [3.63, 3.8) is 0 Å². The molecular formula is C33H37F3O4. The number of halogens is 3. The maximum Gasteiger partial charge on any atom is 0.314 e. The van der Waals surface area contributed by atoms with Crippen LogP contribution >= 0.6 is 0 Å². The lowest BCUT2D eigenvalue weighted by Crippen LogP contribution is -2.25. The highest BCUT2D eigenvalue weighted by Gasteiger charge is 2.30. The molecule has 0 aromatic heterocycles. The summed E-state index contributed by atoms with van der Waals surface area (Å²) in [5.41, 5.74) is 1.44. The maximum atomic E-state index is 14.9. The molecule has 0 amide bonds. The predicted octanol–water partition coefficient (Wildman–Crippen LogP) is 9.01. The quantitative estimate of drug-likeness (QED) is 0.127. The average Bonchev–Trinajstić information content (AvgIpc) is 2.97. The van der Waals surface area contributed by atoms with E-state index in [9.17, 15) is 18.0 Å². The van der Waals surface area contributed by atoms with Crippen LogP contribution in [-0.4, -0.2) is 19.2 Å². The van der Waals surface area contributed by atoms with E-state index in [1.165, 1.54) is 18.2 Å². The summed E-state index contributed by atoms with van der Waals surface area (Å²) >= 11 is 0. The number of rotatable bonds is 12. The molecular weight excluding hydrogens is 517 g/mol. The van der Waals surface area contributed by atoms with Crippen LogP contribution in [0.25, 0.3) is 11.1 Å². The number of hydrogen-bond acceptors (Lipinski definition) is 4. The molecule has 0 radical (unpaired) electrons. The van der Waals surface area contributed by atoms with Gasteiger partial charge in [0, 0.05) is 5.56 Å². The molecule has 1 saturated carbocycles. The summed E-state index contributed by atoms with van der Waals surface area (Å²) in [6, 6.07) is 14.5. The van der Waals surface area contributed by atoms with Crippen LogP contribution in [0.2, 0.25) is 0 Å². The minimum Gasteiger partial charge on any atom is -0.494 e. The van der Waals surface area contributed by atoms with Gasteiger partial charge in [-0.3, -0.25) is 4.79 Å². The molecule has 0 atom stereocenters. The third-order valence-corrected chi connectivity index (χ3v) is 7.43. The number of unbranched alkanes of at least 4 members (excludes halogenated alkanes) is 2. The highest BCUT2D eigenvalue weighted by molar-refractivity contribution is 5.76. The van der Waals surface area contributed by atoms with Gasteiger partial charge in [0.15, 0.2) is 23.1 Å². The van der Waals surface area contributed by atoms with Gasteiger partial charge < -0.3 is 14.2 Å². The highest BCUT2D eigenvalue weighted by Crippen LogP contribution is 2.38. The van der Waals surface area contributed by atoms with Gasteiger partial charge in [-0.25, -0.2) is 8.78 Å². The molecule has 0 unspecified atom stereocenters. The number of ether oxygens (including phenoxy) is 3. The van der Waals surface area contributed by atoms with E-state index in [2.05, 4.69) is 6.92 Å². The van der Waals surface area contributed by atoms with E-state index in [1.807, 2.05) is 13.0 Å². The van der Waals surface area contributed by atoms with E-state index >= 15 is 0 Å². The van der Waals surface area contributed by atoms with Gasteiger partial charge in [-0.15, -0.1) is 0 Å². The van der Waals surface area contributed by atoms with Crippen molar-refractivity contribution in [3.8, 4) is 28.4 Å². The minimum absolute atomic E-state index is 0.0759. The topological polar surface area (TPSA) is 44.8 Å². The van der Waals surface area contributed by atoms with Crippen molar-refractivity contribution in [2.75, 3.05) is 13.2 Å². The molecule has 1 aliphatic carbocycles. The van der Waals surface area contributed by atoms with Crippen LogP contribution in [0.1, 0.15) is 76.7 Å². The predicted molar refractivity (Wildman–Crippen MR) is 149 cm³/mol. The average molecular weight is 555 g/mol. The summed E-state index contributed by atoms with van der Waals surface area (Å²) in [5, 5.41) is 0. The van der Waals surface area contributed by atoms with E-state index in [-0.39, 0.29) is 23.0 Å². The number of carbonyl (C=O) groups is 1. The first-order valence-electron chi connectivity index (χ1n) is 14.3. The maximum absolute atomic E-state index is 14.9. The zero-order valence-electron chi connectivity index (χ0n) is 23.2. The molecule has 0 saturated heterocycles. The summed E-state index contributed by atoms with van der Waals surface area (Å²) in [5.74, 6) is -3.05. The van der Waals surface area contributed by atoms with Gasteiger partial charge in [-0.1, -0.05) is 44.9 Å². The van der Waals surface area contributed by atoms with E-state index < -0.39 is 29.3 Å². The van der Waals surface area contributed by atoms with Gasteiger partial charge in [0.25, 0.3) is 0 Å². The molecule has 0 bridgehead atoms. The van der Waals surface area contributed by atoms with Crippen LogP contribution in [0.15, 0.2) is 54.6 Å². The Hall–Kier alpha value is -3.48. The molecule has 7 heteroatoms. The number of carbonyl (C=O) groups excluding carboxylic acids is 1. The van der Waals surface area contributed by atoms with E-state index in [4.69, 9.17) is 14.2 Å². The second-order valence-corrected chi connectivity index (χ2v) is 10.3. The fourth-order valence-electron chi connectivity index (χ4n) is 4.97. The smallest absolute Gasteiger partial charge is 0.314 e. The Morgan fingerprint density at radius 1 is 0.775 bits per heavy atom. The van der Waals surface area contributed by atoms with Crippen LogP contribution in [0.5, 0.6) is 17.2 Å². The molecule has 40 heavy (non-hydrogen) atoms. The lowest BCUT2D eigenvalue weighted by atomic mass is 9.78. The Labute approximate surface area is 234 Å². The SMILES string of the molecule is CCCCOc1ccc(-c2ccc(OC(=O)C3CCC(c4ccc(OCCCC)c(F)c4)CC3)c(F)c2F)cc1. The summed E-state index contributed by atoms with van der Waals surface area (Å²) in [7, 11) is 0. The van der Waals surface area contributed by atoms with Gasteiger partial charge in [0.05, 0.1) is 19.1 Å². The van der Waals surface area contributed by atoms with Gasteiger partial charge in [0.2, 0.25) is 5.82 Å². The second-order valence-electron chi connectivity index (χ2n) is 10.3. The lowest BCUT2D eigenvalue weighted by Gasteiger charge is -2.27. The zero-order chi connectivity index (χ0) is 28.5. The summed E-state index contributed by atoms with van der Waals surface area (Å²) < 4.78 is 60.7. The van der Waals surface area contributed by atoms with Crippen LogP contribution in [-0.2, 0) is 4.79 Å². The fourth-order valence-corrected chi connectivity index (χ4v) is 4.97. The normalized spacial score (nSPS) is 16.9. The first-order chi connectivity index (χ1) is 19.4. The Bertz CT molecular complexity index is 1270. The summed E-state index contributed by atoms with van der Waals surface area (Å²) in [6.45, 7) is 5.20. The molecule has 0 spiro atoms. The van der Waals surface area contributed by atoms with Crippen LogP contribution < -0.4 is 14.2 Å². The van der Waals surface area contributed by atoms with E-state index in [1.54, 1.807) is 30.3 Å². The Morgan fingerprint density at radius 3 is 2.08 bits per heavy atom. The molecule has 4 rings (SSSR count). The fraction of sp³-hybridized carbons (Fsp3) is 0.424. The van der Waals surface area contributed by atoms with Crippen molar-refractivity contribution in [2.45, 2.75) is 71.1 Å². The largest absolute Gasteiger partial charge is 0.494 e. The molecule has 3 aromatic carbocycles. The molecule has 214 valence electrons. The first-order valence-corrected chi connectivity index (χ1v) is 14.3. The summed E-state index contributed by atoms with van der Waals surface area (Å²) in [6.07, 6.45) is 6.18. The Balaban J connectivity index is 1.33. The molecule has 1 aliphatic rings. The van der Waals surface area contributed by atoms with E-state index in [0.717, 1.165) is 31.2 Å². The van der Waals surface area contributed by atoms with Crippen molar-refractivity contribution in [1.29, 1.82) is 0 Å². The molecule has 0 aliphatic heterocycles. The number of hydrogen-bond donors (Lipinski definition) is 0. The van der Waals surface area contributed by atoms with Gasteiger partial charge in [0.1, 0.15) is 5.75 Å². The second kappa shape index (κ2) is 14.2. The zero-order valence-corrected chi connectivity index (χ0v) is 23.2. The van der Waals surface area contributed by atoms with Gasteiger partial charge >= 0.3 is 5.97 Å². The Kier molecular flexibility index (Phi) is 10.5. The molecule has 0 N–H and O–H groups in total. The Morgan fingerprint density at radius 2 is 1.43 bits per heavy atom. The molecule has 4 nitrogen and oxygen atoms in total. The van der Waals surface area contributed by atoms with Crippen molar-refractivity contribution in [2.24, 2.45) is 5.92 Å². The van der Waals surface area contributed by atoms with Crippen molar-refractivity contribution in [3.05, 3.63) is 77.6 Å². The van der Waals surface area contributed by atoms with Crippen molar-refractivity contribution in [1.82, 2.24) is 0 Å². The summed E-state index contributed by atoms with van der Waals surface area (Å²) in [4.78, 5) is 12.8. The van der Waals surface area contributed by atoms with E-state index in [0.29, 0.717) is 50.2 Å². The van der Waals surface area contributed by atoms with Crippen LogP contribution in [0.4, 0.5) is 13.2 Å². The number of esters is 1. The standard InChI is InChI=1S/C33H37F3O4/c1-3-5-19-38-26-14-11-23(12-15-26)27-16-18-30(32(36)31(27)35)40-33(37)24-9-7-22(8-10-24)25-13-17-29(28(34)21-25)39-20-6-4-2/h11-18,21-22,24H,3-10,19-20H2,1-2H3. The van der Waals surface area contributed by atoms with Gasteiger partial charge in [-0.2, -0.15) is 4.39 Å². The van der Waals surface area contributed by atoms with Crippen molar-refractivity contribution < 1.29 is 32.2 Å². The molecule has 1 fully saturated rings. The lowest BCUT2D eigenvalue weighted by molar-refractivity contribution is -0.140. The minimum atomic E-state index is -1.19. The monoisotopic (exact) mass is 554 g/mol. The van der Waals surface area contributed by atoms with Crippen LogP contribution in [0.3, 0.4) is 0 Å². The number of benzene rings is 3. The van der Waals surface area contributed by atoms with Crippen LogP contribution in [0, 0.1) is 23.4 Å². The van der Waals surface area contributed by atoms with Crippen molar-refractivity contribution >= 4 is 5.97 Å². The molecule has 3 aromatic rings. The highest BCUT2D eigenvalue weighted by atomic mass is 19.2. The third-order valence-electron chi connectivity index (χ3n) is 7.43. The van der Waals surface area contributed by atoms with Gasteiger partial charge in [-0.05, 0) is 92.0 Å². The molecule has 0 heterocycles.